The van der Waals surface area contributed by atoms with Gasteiger partial charge in [-0.05, 0) is 51.1 Å². The lowest BCUT2D eigenvalue weighted by atomic mass is 9.89. The van der Waals surface area contributed by atoms with E-state index in [4.69, 9.17) is 0 Å². The van der Waals surface area contributed by atoms with E-state index in [1.807, 2.05) is 6.07 Å². The quantitative estimate of drug-likeness (QED) is 0.389. The third-order valence-corrected chi connectivity index (χ3v) is 8.09. The fourth-order valence-corrected chi connectivity index (χ4v) is 6.38. The molecule has 156 valence electrons. The zero-order chi connectivity index (χ0) is 20.8. The van der Waals surface area contributed by atoms with Crippen LogP contribution in [0.4, 0.5) is 20.2 Å². The minimum Gasteiger partial charge on any atom is -0.350 e. The highest BCUT2D eigenvalue weighted by molar-refractivity contribution is 7.18. The maximum absolute atomic E-state index is 14.9. The van der Waals surface area contributed by atoms with Crippen molar-refractivity contribution >= 4 is 54.5 Å². The predicted molar refractivity (Wildman–Crippen MR) is 121 cm³/mol. The Hall–Kier alpha value is -2.16. The topological polar surface area (TPSA) is 41.0 Å². The van der Waals surface area contributed by atoms with E-state index in [1.165, 1.54) is 22.4 Å². The van der Waals surface area contributed by atoms with Gasteiger partial charge in [0.25, 0.3) is 0 Å². The molecule has 0 saturated carbocycles. The number of aromatic nitrogens is 2. The molecule has 0 bridgehead atoms. The summed E-state index contributed by atoms with van der Waals surface area (Å²) in [6, 6.07) is 5.91. The van der Waals surface area contributed by atoms with Gasteiger partial charge in [0.05, 0.1) is 27.8 Å². The lowest BCUT2D eigenvalue weighted by molar-refractivity contribution is 0.148. The summed E-state index contributed by atoms with van der Waals surface area (Å²) in [5.41, 5.74) is 2.40. The summed E-state index contributed by atoms with van der Waals surface area (Å²) < 4.78 is 30.4. The molecule has 0 unspecified atom stereocenters. The molecule has 4 heterocycles. The van der Waals surface area contributed by atoms with Gasteiger partial charge in [0.2, 0.25) is 0 Å². The first-order valence-electron chi connectivity index (χ1n) is 10.2. The van der Waals surface area contributed by atoms with Crippen molar-refractivity contribution in [2.45, 2.75) is 38.6 Å². The molecule has 1 aromatic carbocycles. The van der Waals surface area contributed by atoms with Crippen LogP contribution in [0.1, 0.15) is 37.5 Å². The molecule has 3 aromatic heterocycles. The van der Waals surface area contributed by atoms with Crippen molar-refractivity contribution in [3.8, 4) is 0 Å². The van der Waals surface area contributed by atoms with Crippen LogP contribution in [-0.4, -0.2) is 34.0 Å². The summed E-state index contributed by atoms with van der Waals surface area (Å²) in [6.45, 7) is 6.61. The van der Waals surface area contributed by atoms with Crippen LogP contribution in [0.15, 0.2) is 29.9 Å². The van der Waals surface area contributed by atoms with Gasteiger partial charge >= 0.3 is 0 Å². The number of nitrogens with zero attached hydrogens (tertiary/aromatic N) is 3. The number of pyridine rings is 1. The Morgan fingerprint density at radius 1 is 1.27 bits per heavy atom. The molecule has 0 amide bonds. The molecule has 1 saturated heterocycles. The van der Waals surface area contributed by atoms with Crippen LogP contribution in [0.5, 0.6) is 0 Å². The Labute approximate surface area is 181 Å². The highest BCUT2D eigenvalue weighted by Crippen LogP contribution is 2.41. The average molecular weight is 445 g/mol. The number of likely N-dealkylation sites (N-methyl/N-ethyl adjacent to an activating group) is 1. The predicted octanol–water partition coefficient (Wildman–Crippen LogP) is 6.52. The molecule has 0 aliphatic carbocycles. The summed E-state index contributed by atoms with van der Waals surface area (Å²) in [5.74, 6) is -0.554. The van der Waals surface area contributed by atoms with Crippen molar-refractivity contribution in [3.63, 3.8) is 0 Å². The van der Waals surface area contributed by atoms with Crippen LogP contribution in [-0.2, 0) is 0 Å². The molecule has 30 heavy (non-hydrogen) atoms. The van der Waals surface area contributed by atoms with Gasteiger partial charge in [-0.1, -0.05) is 6.92 Å². The Bertz CT molecular complexity index is 1220. The number of hydrogen-bond acceptors (Lipinski definition) is 6. The monoisotopic (exact) mass is 444 g/mol. The van der Waals surface area contributed by atoms with Crippen molar-refractivity contribution < 1.29 is 8.78 Å². The second kappa shape index (κ2) is 7.83. The summed E-state index contributed by atoms with van der Waals surface area (Å²) in [5, 5.41) is 3.69. The number of halogens is 2. The van der Waals surface area contributed by atoms with Crippen LogP contribution >= 0.6 is 22.7 Å². The smallest absolute Gasteiger partial charge is 0.173 e. The number of nitrogens with one attached hydrogen (secondary N) is 1. The van der Waals surface area contributed by atoms with E-state index in [2.05, 4.69) is 34.0 Å². The van der Waals surface area contributed by atoms with Crippen LogP contribution in [0, 0.1) is 11.6 Å². The first kappa shape index (κ1) is 19.8. The van der Waals surface area contributed by atoms with Crippen molar-refractivity contribution in [2.75, 3.05) is 18.4 Å². The number of thiazole rings is 1. The van der Waals surface area contributed by atoms with E-state index in [0.717, 1.165) is 35.5 Å². The van der Waals surface area contributed by atoms with Gasteiger partial charge in [-0.15, -0.1) is 22.7 Å². The molecular formula is C22H22F2N4S2. The summed E-state index contributed by atoms with van der Waals surface area (Å²) in [4.78, 5) is 12.9. The standard InChI is InChI=1S/C22H22F2N4S2/c1-3-28-8-4-5-13(12(28)2)18-9-14-20(15(23)10-25-22(14)30-18)27-16-6-7-17-21(19(16)24)26-11-29-17/h6-7,9-13H,3-5,8H2,1-2H3,(H,25,27)/t12-,13+/m1/s1. The fraction of sp³-hybridized carbons (Fsp3) is 0.364. The lowest BCUT2D eigenvalue weighted by Gasteiger charge is -2.38. The minimum absolute atomic E-state index is 0.218. The van der Waals surface area contributed by atoms with E-state index in [1.54, 1.807) is 29.0 Å². The lowest BCUT2D eigenvalue weighted by Crippen LogP contribution is -2.41. The van der Waals surface area contributed by atoms with E-state index in [-0.39, 0.29) is 11.4 Å². The second-order valence-corrected chi connectivity index (χ2v) is 9.67. The number of piperidine rings is 1. The molecule has 2 atom stereocenters. The van der Waals surface area contributed by atoms with Gasteiger partial charge in [-0.25, -0.2) is 18.7 Å². The molecule has 0 radical (unpaired) electrons. The first-order chi connectivity index (χ1) is 14.6. The first-order valence-corrected chi connectivity index (χ1v) is 11.9. The van der Waals surface area contributed by atoms with E-state index >= 15 is 0 Å². The molecule has 1 aliphatic rings. The van der Waals surface area contributed by atoms with Crippen LogP contribution in [0.2, 0.25) is 0 Å². The number of thiophene rings is 1. The molecule has 4 nitrogen and oxygen atoms in total. The van der Waals surface area contributed by atoms with Crippen molar-refractivity contribution in [1.29, 1.82) is 0 Å². The normalized spacial score (nSPS) is 20.3. The van der Waals surface area contributed by atoms with E-state index in [0.29, 0.717) is 22.9 Å². The zero-order valence-electron chi connectivity index (χ0n) is 16.8. The molecule has 1 aliphatic heterocycles. The van der Waals surface area contributed by atoms with Gasteiger partial charge in [-0.2, -0.15) is 0 Å². The van der Waals surface area contributed by atoms with E-state index < -0.39 is 11.6 Å². The van der Waals surface area contributed by atoms with Crippen LogP contribution in [0.3, 0.4) is 0 Å². The van der Waals surface area contributed by atoms with E-state index in [9.17, 15) is 8.78 Å². The third-order valence-electron chi connectivity index (χ3n) is 6.13. The number of benzene rings is 1. The molecule has 8 heteroatoms. The zero-order valence-corrected chi connectivity index (χ0v) is 18.4. The fourth-order valence-electron chi connectivity index (χ4n) is 4.46. The number of rotatable bonds is 4. The van der Waals surface area contributed by atoms with Gasteiger partial charge in [0.1, 0.15) is 10.3 Å². The SMILES string of the molecule is CCN1CCC[C@H](c2cc3c(Nc4ccc5scnc5c4F)c(F)cnc3s2)[C@H]1C. The Morgan fingerprint density at radius 2 is 2.13 bits per heavy atom. The van der Waals surface area contributed by atoms with Crippen molar-refractivity contribution in [2.24, 2.45) is 0 Å². The maximum Gasteiger partial charge on any atom is 0.173 e. The van der Waals surface area contributed by atoms with Gasteiger partial charge in [0.15, 0.2) is 11.6 Å². The summed E-state index contributed by atoms with van der Waals surface area (Å²) in [7, 11) is 0. The Balaban J connectivity index is 1.55. The average Bonchev–Trinajstić information content (AvgIpc) is 3.39. The number of likely N-dealkylation sites (tertiary alicyclic amines) is 1. The van der Waals surface area contributed by atoms with Gasteiger partial charge < -0.3 is 10.2 Å². The number of fused-ring (bicyclic) bond motifs is 2. The van der Waals surface area contributed by atoms with Crippen LogP contribution in [0.25, 0.3) is 20.4 Å². The van der Waals surface area contributed by atoms with Gasteiger partial charge in [-0.3, -0.25) is 0 Å². The highest BCUT2D eigenvalue weighted by Gasteiger charge is 2.30. The molecule has 5 rings (SSSR count). The van der Waals surface area contributed by atoms with Gasteiger partial charge in [0, 0.05) is 22.2 Å². The van der Waals surface area contributed by atoms with Crippen molar-refractivity contribution in [3.05, 3.63) is 46.4 Å². The second-order valence-electron chi connectivity index (χ2n) is 7.72. The number of hydrogen-bond donors (Lipinski definition) is 1. The molecule has 0 spiro atoms. The maximum atomic E-state index is 14.9. The summed E-state index contributed by atoms with van der Waals surface area (Å²) in [6.07, 6.45) is 3.49. The summed E-state index contributed by atoms with van der Waals surface area (Å²) >= 11 is 2.99. The molecular weight excluding hydrogens is 422 g/mol. The Kier molecular flexibility index (Phi) is 5.16. The largest absolute Gasteiger partial charge is 0.350 e. The Morgan fingerprint density at radius 3 is 2.97 bits per heavy atom. The molecule has 4 aromatic rings. The van der Waals surface area contributed by atoms with Crippen molar-refractivity contribution in [1.82, 2.24) is 14.9 Å². The minimum atomic E-state index is -0.489. The number of anilines is 2. The molecule has 1 fully saturated rings. The molecule has 1 N–H and O–H groups in total. The van der Waals surface area contributed by atoms with Crippen LogP contribution < -0.4 is 5.32 Å². The third kappa shape index (κ3) is 3.27. The highest BCUT2D eigenvalue weighted by atomic mass is 32.1.